The Morgan fingerprint density at radius 2 is 1.78 bits per heavy atom. The van der Waals surface area contributed by atoms with E-state index in [4.69, 9.17) is 21.3 Å². The highest BCUT2D eigenvalue weighted by atomic mass is 79.9. The zero-order chi connectivity index (χ0) is 32.9. The maximum atomic E-state index is 10.8. The molecule has 0 aliphatic rings. The summed E-state index contributed by atoms with van der Waals surface area (Å²) in [5.41, 5.74) is 7.24. The highest BCUT2D eigenvalue weighted by Crippen LogP contribution is 2.29. The Bertz CT molecular complexity index is 1680. The summed E-state index contributed by atoms with van der Waals surface area (Å²) in [5.74, 6) is 1.26. The first kappa shape index (κ1) is 36.1. The van der Waals surface area contributed by atoms with Crippen LogP contribution in [0.1, 0.15) is 63.3 Å². The van der Waals surface area contributed by atoms with Gasteiger partial charge in [-0.2, -0.15) is 10.2 Å². The molecule has 3 aromatic carbocycles. The Morgan fingerprint density at radius 1 is 1.04 bits per heavy atom. The van der Waals surface area contributed by atoms with Crippen molar-refractivity contribution in [3.8, 4) is 5.75 Å². The summed E-state index contributed by atoms with van der Waals surface area (Å²) in [6.07, 6.45) is 1.94. The maximum absolute atomic E-state index is 10.8. The van der Waals surface area contributed by atoms with E-state index in [1.807, 2.05) is 56.3 Å². The van der Waals surface area contributed by atoms with E-state index in [1.54, 1.807) is 25.4 Å². The first-order chi connectivity index (χ1) is 21.5. The van der Waals surface area contributed by atoms with Crippen molar-refractivity contribution in [2.75, 3.05) is 20.2 Å². The topological polar surface area (TPSA) is 75.4 Å². The highest BCUT2D eigenvalue weighted by molar-refractivity contribution is 9.10. The van der Waals surface area contributed by atoms with Crippen molar-refractivity contribution < 1.29 is 9.53 Å². The molecule has 1 heterocycles. The SMILES string of the molecule is CC(=O)NCCc1csc2cc(Br)ccc12.CCC(C)/C(C)=N\N=C(/C)CN=C(c1ccc(Cl)cc1)c1cc(OC)ccc1C. The van der Waals surface area contributed by atoms with E-state index < -0.39 is 0 Å². The molecule has 0 aliphatic heterocycles. The van der Waals surface area contributed by atoms with Crippen molar-refractivity contribution in [1.82, 2.24) is 5.32 Å². The number of hydrogen-bond acceptors (Lipinski definition) is 6. The molecule has 1 N–H and O–H groups in total. The summed E-state index contributed by atoms with van der Waals surface area (Å²) < 4.78 is 7.81. The van der Waals surface area contributed by atoms with Crippen LogP contribution in [0.4, 0.5) is 0 Å². The minimum absolute atomic E-state index is 0.0299. The number of halogens is 2. The van der Waals surface area contributed by atoms with Crippen molar-refractivity contribution in [3.05, 3.63) is 97.8 Å². The fourth-order valence-electron chi connectivity index (χ4n) is 4.33. The summed E-state index contributed by atoms with van der Waals surface area (Å²) >= 11 is 11.3. The van der Waals surface area contributed by atoms with E-state index in [1.165, 1.54) is 15.6 Å². The number of carbonyl (C=O) groups excluding carboxylic acids is 1. The Balaban J connectivity index is 0.000000289. The molecule has 0 fully saturated rings. The molecule has 4 rings (SSSR count). The summed E-state index contributed by atoms with van der Waals surface area (Å²) in [5, 5.41) is 15.7. The minimum atomic E-state index is 0.0299. The maximum Gasteiger partial charge on any atom is 0.216 e. The Labute approximate surface area is 284 Å². The first-order valence-corrected chi connectivity index (χ1v) is 17.0. The highest BCUT2D eigenvalue weighted by Gasteiger charge is 2.12. The largest absolute Gasteiger partial charge is 0.497 e. The normalized spacial score (nSPS) is 12.9. The van der Waals surface area contributed by atoms with Crippen LogP contribution in [0.3, 0.4) is 0 Å². The van der Waals surface area contributed by atoms with Crippen LogP contribution in [0.15, 0.2) is 85.7 Å². The number of aliphatic imine (C=N–C) groups is 1. The van der Waals surface area contributed by atoms with Crippen LogP contribution in [0.2, 0.25) is 5.02 Å². The smallest absolute Gasteiger partial charge is 0.216 e. The summed E-state index contributed by atoms with van der Waals surface area (Å²) in [4.78, 5) is 15.7. The first-order valence-electron chi connectivity index (χ1n) is 14.9. The van der Waals surface area contributed by atoms with Crippen molar-refractivity contribution in [3.63, 3.8) is 0 Å². The lowest BCUT2D eigenvalue weighted by molar-refractivity contribution is -0.118. The van der Waals surface area contributed by atoms with Gasteiger partial charge in [-0.25, -0.2) is 0 Å². The number of carbonyl (C=O) groups is 1. The van der Waals surface area contributed by atoms with E-state index >= 15 is 0 Å². The standard InChI is InChI=1S/C24H30ClN3O.C12H12BrNOS/c1-7-16(2)19(5)28-27-18(4)15-26-24(20-9-11-21(25)12-10-20)23-14-22(29-6)13-8-17(23)3;1-8(15)14-5-4-9-7-16-12-6-10(13)2-3-11(9)12/h8-14,16H,7,15H2,1-6H3;2-3,6-7H,4-5H2,1H3,(H,14,15)/b26-24?,27-18+,28-19-;. The van der Waals surface area contributed by atoms with Crippen LogP contribution in [0.5, 0.6) is 5.75 Å². The molecule has 6 nitrogen and oxygen atoms in total. The lowest BCUT2D eigenvalue weighted by atomic mass is 9.97. The fraction of sp³-hybridized carbons (Fsp3) is 0.333. The number of aryl methyl sites for hydroxylation is 1. The fourth-order valence-corrected chi connectivity index (χ4v) is 6.00. The van der Waals surface area contributed by atoms with Gasteiger partial charge in [-0.1, -0.05) is 65.6 Å². The van der Waals surface area contributed by atoms with Gasteiger partial charge in [0, 0.05) is 44.5 Å². The molecular formula is C36H42BrClN4O2S. The summed E-state index contributed by atoms with van der Waals surface area (Å²) in [6, 6.07) is 20.0. The van der Waals surface area contributed by atoms with Crippen LogP contribution in [-0.4, -0.2) is 43.2 Å². The van der Waals surface area contributed by atoms with Gasteiger partial charge in [0.05, 0.1) is 25.1 Å². The average molecular weight is 710 g/mol. The van der Waals surface area contributed by atoms with E-state index in [-0.39, 0.29) is 5.91 Å². The number of thiophene rings is 1. The number of ether oxygens (including phenoxy) is 1. The minimum Gasteiger partial charge on any atom is -0.497 e. The molecule has 1 aromatic heterocycles. The lowest BCUT2D eigenvalue weighted by Gasteiger charge is -2.12. The molecule has 0 saturated carbocycles. The van der Waals surface area contributed by atoms with Crippen LogP contribution < -0.4 is 10.1 Å². The molecule has 45 heavy (non-hydrogen) atoms. The van der Waals surface area contributed by atoms with E-state index in [0.717, 1.165) is 56.9 Å². The quantitative estimate of drug-likeness (QED) is 0.124. The Kier molecular flexibility index (Phi) is 14.4. The van der Waals surface area contributed by atoms with Crippen LogP contribution in [0.25, 0.3) is 10.1 Å². The number of benzene rings is 3. The van der Waals surface area contributed by atoms with E-state index in [2.05, 4.69) is 75.8 Å². The van der Waals surface area contributed by atoms with Gasteiger partial charge in [0.15, 0.2) is 0 Å². The van der Waals surface area contributed by atoms with Gasteiger partial charge in [-0.3, -0.25) is 9.79 Å². The van der Waals surface area contributed by atoms with Crippen molar-refractivity contribution in [1.29, 1.82) is 0 Å². The predicted octanol–water partition coefficient (Wildman–Crippen LogP) is 9.72. The number of methoxy groups -OCH3 is 1. The van der Waals surface area contributed by atoms with Gasteiger partial charge in [0.2, 0.25) is 5.91 Å². The molecule has 1 atom stereocenters. The molecule has 9 heteroatoms. The van der Waals surface area contributed by atoms with Crippen molar-refractivity contribution in [2.24, 2.45) is 21.1 Å². The molecule has 0 aliphatic carbocycles. The van der Waals surface area contributed by atoms with Crippen molar-refractivity contribution >= 4 is 72.0 Å². The zero-order valence-electron chi connectivity index (χ0n) is 27.1. The third-order valence-electron chi connectivity index (χ3n) is 7.37. The van der Waals surface area contributed by atoms with Gasteiger partial charge in [-0.15, -0.1) is 11.3 Å². The molecule has 0 bridgehead atoms. The molecule has 1 amide bonds. The molecule has 238 valence electrons. The summed E-state index contributed by atoms with van der Waals surface area (Å²) in [6.45, 7) is 13.1. The number of nitrogens with zero attached hydrogens (tertiary/aromatic N) is 3. The Morgan fingerprint density at radius 3 is 2.44 bits per heavy atom. The lowest BCUT2D eigenvalue weighted by Crippen LogP contribution is -2.22. The third-order valence-corrected chi connectivity index (χ3v) is 9.11. The molecule has 4 aromatic rings. The number of amides is 1. The van der Waals surface area contributed by atoms with Gasteiger partial charge >= 0.3 is 0 Å². The van der Waals surface area contributed by atoms with Crippen LogP contribution >= 0.6 is 38.9 Å². The third kappa shape index (κ3) is 11.2. The van der Waals surface area contributed by atoms with E-state index in [0.29, 0.717) is 24.0 Å². The number of fused-ring (bicyclic) bond motifs is 1. The molecule has 1 unspecified atom stereocenters. The molecule has 0 radical (unpaired) electrons. The van der Waals surface area contributed by atoms with Gasteiger partial charge in [-0.05, 0) is 97.8 Å². The summed E-state index contributed by atoms with van der Waals surface area (Å²) in [7, 11) is 1.67. The van der Waals surface area contributed by atoms with Gasteiger partial charge in [0.25, 0.3) is 0 Å². The molecule has 0 saturated heterocycles. The molecular weight excluding hydrogens is 668 g/mol. The second-order valence-electron chi connectivity index (χ2n) is 10.9. The Hall–Kier alpha value is -3.33. The van der Waals surface area contributed by atoms with Crippen molar-refractivity contribution in [2.45, 2.75) is 54.4 Å². The monoisotopic (exact) mass is 708 g/mol. The second kappa shape index (κ2) is 18.0. The number of nitrogens with one attached hydrogen (secondary N) is 1. The predicted molar refractivity (Wildman–Crippen MR) is 197 cm³/mol. The van der Waals surface area contributed by atoms with Crippen LogP contribution in [-0.2, 0) is 11.2 Å². The van der Waals surface area contributed by atoms with Crippen LogP contribution in [0, 0.1) is 12.8 Å². The van der Waals surface area contributed by atoms with Gasteiger partial charge < -0.3 is 10.1 Å². The van der Waals surface area contributed by atoms with E-state index in [9.17, 15) is 4.79 Å². The number of hydrogen-bond donors (Lipinski definition) is 1. The number of rotatable bonds is 11. The second-order valence-corrected chi connectivity index (χ2v) is 13.1. The average Bonchev–Trinajstić information content (AvgIpc) is 3.42. The molecule has 0 spiro atoms. The van der Waals surface area contributed by atoms with Gasteiger partial charge in [0.1, 0.15) is 5.75 Å². The zero-order valence-corrected chi connectivity index (χ0v) is 30.2.